The number of methoxy groups -OCH3 is 1. The number of rotatable bonds is 5. The summed E-state index contributed by atoms with van der Waals surface area (Å²) in [6.45, 7) is 5.99. The Balaban J connectivity index is 2.20. The van der Waals surface area contributed by atoms with Gasteiger partial charge in [0.2, 0.25) is 0 Å². The molecule has 130 valence electrons. The second-order valence-electron chi connectivity index (χ2n) is 6.84. The number of carbonyl (C=O) groups is 1. The summed E-state index contributed by atoms with van der Waals surface area (Å²) in [5.74, 6) is 0.888. The SMILES string of the molecule is CO[C@]1(C(=O)Nc2ccc(OC(C)C)cc2C#N)CCC[C@H](C)C1. The van der Waals surface area contributed by atoms with E-state index in [9.17, 15) is 10.1 Å². The first kappa shape index (κ1) is 18.3. The maximum atomic E-state index is 12.8. The number of amides is 1. The van der Waals surface area contributed by atoms with Gasteiger partial charge in [-0.15, -0.1) is 0 Å². The third-order valence-corrected chi connectivity index (χ3v) is 4.49. The first-order chi connectivity index (χ1) is 11.4. The second kappa shape index (κ2) is 7.67. The topological polar surface area (TPSA) is 71.3 Å². The van der Waals surface area contributed by atoms with Crippen LogP contribution in [-0.2, 0) is 9.53 Å². The van der Waals surface area contributed by atoms with Crippen LogP contribution in [0.4, 0.5) is 5.69 Å². The fourth-order valence-corrected chi connectivity index (χ4v) is 3.29. The number of benzene rings is 1. The van der Waals surface area contributed by atoms with Gasteiger partial charge in [0, 0.05) is 13.2 Å². The minimum absolute atomic E-state index is 0.0254. The van der Waals surface area contributed by atoms with E-state index in [0.717, 1.165) is 12.8 Å². The molecule has 1 saturated carbocycles. The van der Waals surface area contributed by atoms with Crippen molar-refractivity contribution in [2.24, 2.45) is 5.92 Å². The van der Waals surface area contributed by atoms with Crippen LogP contribution in [0.1, 0.15) is 52.0 Å². The number of carbonyl (C=O) groups excluding carboxylic acids is 1. The lowest BCUT2D eigenvalue weighted by Crippen LogP contribution is -2.48. The Kier molecular flexibility index (Phi) is 5.84. The molecule has 2 rings (SSSR count). The second-order valence-corrected chi connectivity index (χ2v) is 6.84. The van der Waals surface area contributed by atoms with Gasteiger partial charge < -0.3 is 14.8 Å². The highest BCUT2D eigenvalue weighted by molar-refractivity contribution is 5.98. The minimum atomic E-state index is -0.808. The number of ether oxygens (including phenoxy) is 2. The van der Waals surface area contributed by atoms with Crippen molar-refractivity contribution in [2.75, 3.05) is 12.4 Å². The Morgan fingerprint density at radius 1 is 1.46 bits per heavy atom. The Hall–Kier alpha value is -2.06. The molecule has 1 aromatic carbocycles. The minimum Gasteiger partial charge on any atom is -0.491 e. The van der Waals surface area contributed by atoms with Gasteiger partial charge >= 0.3 is 0 Å². The molecule has 5 nitrogen and oxygen atoms in total. The number of anilines is 1. The summed E-state index contributed by atoms with van der Waals surface area (Å²) in [6, 6.07) is 7.25. The predicted molar refractivity (Wildman–Crippen MR) is 92.9 cm³/mol. The molecule has 1 aromatic rings. The smallest absolute Gasteiger partial charge is 0.256 e. The van der Waals surface area contributed by atoms with E-state index in [1.165, 1.54) is 0 Å². The number of nitrogens with one attached hydrogen (secondary N) is 1. The molecule has 1 aliphatic carbocycles. The largest absolute Gasteiger partial charge is 0.491 e. The van der Waals surface area contributed by atoms with Crippen molar-refractivity contribution >= 4 is 11.6 Å². The predicted octanol–water partition coefficient (Wildman–Crippen LogP) is 3.88. The Labute approximate surface area is 144 Å². The molecule has 0 heterocycles. The van der Waals surface area contributed by atoms with Crippen molar-refractivity contribution < 1.29 is 14.3 Å². The van der Waals surface area contributed by atoms with Crippen LogP contribution in [0.5, 0.6) is 5.75 Å². The Morgan fingerprint density at radius 2 is 2.21 bits per heavy atom. The van der Waals surface area contributed by atoms with Crippen molar-refractivity contribution in [1.29, 1.82) is 5.26 Å². The van der Waals surface area contributed by atoms with Gasteiger partial charge in [-0.3, -0.25) is 4.79 Å². The van der Waals surface area contributed by atoms with Gasteiger partial charge in [0.25, 0.3) is 5.91 Å². The molecule has 0 bridgehead atoms. The van der Waals surface area contributed by atoms with Gasteiger partial charge in [-0.1, -0.05) is 13.3 Å². The highest BCUT2D eigenvalue weighted by Crippen LogP contribution is 2.36. The summed E-state index contributed by atoms with van der Waals surface area (Å²) in [4.78, 5) is 12.8. The maximum Gasteiger partial charge on any atom is 0.256 e. The fraction of sp³-hybridized carbons (Fsp3) is 0.579. The molecule has 1 aliphatic rings. The standard InChI is InChI=1S/C19H26N2O3/c1-13(2)24-16-7-8-17(15(10-16)12-20)21-18(22)19(23-4)9-5-6-14(3)11-19/h7-8,10,13-14H,5-6,9,11H2,1-4H3,(H,21,22)/t14-,19+/m0/s1. The monoisotopic (exact) mass is 330 g/mol. The zero-order chi connectivity index (χ0) is 17.7. The summed E-state index contributed by atoms with van der Waals surface area (Å²) in [5.41, 5.74) is 0.0715. The van der Waals surface area contributed by atoms with E-state index in [-0.39, 0.29) is 12.0 Å². The average molecular weight is 330 g/mol. The number of nitrogens with zero attached hydrogens (tertiary/aromatic N) is 1. The van der Waals surface area contributed by atoms with Crippen LogP contribution in [0.25, 0.3) is 0 Å². The molecule has 1 amide bonds. The van der Waals surface area contributed by atoms with Crippen molar-refractivity contribution in [3.05, 3.63) is 23.8 Å². The van der Waals surface area contributed by atoms with E-state index in [0.29, 0.717) is 35.8 Å². The van der Waals surface area contributed by atoms with Gasteiger partial charge in [-0.25, -0.2) is 0 Å². The molecule has 2 atom stereocenters. The van der Waals surface area contributed by atoms with E-state index in [2.05, 4.69) is 18.3 Å². The lowest BCUT2D eigenvalue weighted by atomic mass is 9.78. The first-order valence-corrected chi connectivity index (χ1v) is 8.47. The molecule has 0 radical (unpaired) electrons. The summed E-state index contributed by atoms with van der Waals surface area (Å²) in [7, 11) is 1.59. The van der Waals surface area contributed by atoms with Crippen LogP contribution in [0, 0.1) is 17.2 Å². The van der Waals surface area contributed by atoms with Gasteiger partial charge in [0.15, 0.2) is 0 Å². The molecule has 1 fully saturated rings. The zero-order valence-electron chi connectivity index (χ0n) is 14.9. The lowest BCUT2D eigenvalue weighted by Gasteiger charge is -2.37. The Morgan fingerprint density at radius 3 is 2.79 bits per heavy atom. The first-order valence-electron chi connectivity index (χ1n) is 8.47. The number of hydrogen-bond acceptors (Lipinski definition) is 4. The van der Waals surface area contributed by atoms with E-state index in [1.54, 1.807) is 25.3 Å². The van der Waals surface area contributed by atoms with E-state index >= 15 is 0 Å². The summed E-state index contributed by atoms with van der Waals surface area (Å²) in [5, 5.41) is 12.3. The van der Waals surface area contributed by atoms with Gasteiger partial charge in [0.05, 0.1) is 17.4 Å². The number of hydrogen-bond donors (Lipinski definition) is 1. The van der Waals surface area contributed by atoms with E-state index < -0.39 is 5.60 Å². The highest BCUT2D eigenvalue weighted by atomic mass is 16.5. The van der Waals surface area contributed by atoms with E-state index in [1.807, 2.05) is 13.8 Å². The zero-order valence-corrected chi connectivity index (χ0v) is 14.9. The van der Waals surface area contributed by atoms with Crippen LogP contribution in [0.3, 0.4) is 0 Å². The van der Waals surface area contributed by atoms with Crippen LogP contribution >= 0.6 is 0 Å². The lowest BCUT2D eigenvalue weighted by molar-refractivity contribution is -0.143. The molecular formula is C19H26N2O3. The van der Waals surface area contributed by atoms with E-state index in [4.69, 9.17) is 9.47 Å². The molecule has 0 aliphatic heterocycles. The quantitative estimate of drug-likeness (QED) is 0.889. The summed E-state index contributed by atoms with van der Waals surface area (Å²) < 4.78 is 11.2. The van der Waals surface area contributed by atoms with Gasteiger partial charge in [0.1, 0.15) is 17.4 Å². The molecule has 0 aromatic heterocycles. The summed E-state index contributed by atoms with van der Waals surface area (Å²) >= 11 is 0. The normalized spacial score (nSPS) is 23.6. The molecule has 0 saturated heterocycles. The van der Waals surface area contributed by atoms with Gasteiger partial charge in [-0.05, 0) is 51.2 Å². The molecule has 0 spiro atoms. The van der Waals surface area contributed by atoms with Crippen molar-refractivity contribution in [1.82, 2.24) is 0 Å². The summed E-state index contributed by atoms with van der Waals surface area (Å²) in [6.07, 6.45) is 3.51. The van der Waals surface area contributed by atoms with Crippen LogP contribution in [0.2, 0.25) is 0 Å². The fourth-order valence-electron chi connectivity index (χ4n) is 3.29. The molecule has 5 heteroatoms. The average Bonchev–Trinajstić information content (AvgIpc) is 2.55. The van der Waals surface area contributed by atoms with Crippen LogP contribution in [-0.4, -0.2) is 24.7 Å². The molecule has 0 unspecified atom stereocenters. The number of nitriles is 1. The third-order valence-electron chi connectivity index (χ3n) is 4.49. The molecule has 1 N–H and O–H groups in total. The van der Waals surface area contributed by atoms with Crippen molar-refractivity contribution in [3.63, 3.8) is 0 Å². The van der Waals surface area contributed by atoms with Crippen molar-refractivity contribution in [2.45, 2.75) is 58.2 Å². The molecular weight excluding hydrogens is 304 g/mol. The third kappa shape index (κ3) is 4.07. The highest BCUT2D eigenvalue weighted by Gasteiger charge is 2.42. The molecule has 24 heavy (non-hydrogen) atoms. The van der Waals surface area contributed by atoms with Crippen molar-refractivity contribution in [3.8, 4) is 11.8 Å². The Bertz CT molecular complexity index is 636. The maximum absolute atomic E-state index is 12.8. The van der Waals surface area contributed by atoms with Crippen LogP contribution in [0.15, 0.2) is 18.2 Å². The van der Waals surface area contributed by atoms with Gasteiger partial charge in [-0.2, -0.15) is 5.26 Å². The van der Waals surface area contributed by atoms with Crippen LogP contribution < -0.4 is 10.1 Å².